The Morgan fingerprint density at radius 2 is 2.22 bits per heavy atom. The Balaban J connectivity index is 2.04. The number of nitrogens with two attached hydrogens (primary N) is 2. The molecule has 6 nitrogen and oxygen atoms in total. The van der Waals surface area contributed by atoms with E-state index in [1.807, 2.05) is 12.1 Å². The fourth-order valence-electron chi connectivity index (χ4n) is 3.60. The highest BCUT2D eigenvalue weighted by atomic mass is 16.1. The number of amides is 1. The number of primary amides is 1. The topological polar surface area (TPSA) is 90.2 Å². The molecule has 4 N–H and O–H groups in total. The van der Waals surface area contributed by atoms with Crippen molar-refractivity contribution in [2.75, 3.05) is 26.2 Å². The van der Waals surface area contributed by atoms with Gasteiger partial charge in [0, 0.05) is 25.6 Å². The van der Waals surface area contributed by atoms with Gasteiger partial charge in [-0.25, -0.2) is 4.98 Å². The highest BCUT2D eigenvalue weighted by Crippen LogP contribution is 2.30. The number of nitrogens with zero attached hydrogens (tertiary/aromatic N) is 3. The van der Waals surface area contributed by atoms with E-state index < -0.39 is 5.91 Å². The van der Waals surface area contributed by atoms with Crippen LogP contribution in [-0.4, -0.2) is 46.5 Å². The molecule has 1 fully saturated rings. The molecule has 0 bridgehead atoms. The van der Waals surface area contributed by atoms with Gasteiger partial charge in [0.1, 0.15) is 11.3 Å². The van der Waals surface area contributed by atoms with Gasteiger partial charge in [0.25, 0.3) is 5.91 Å². The third-order valence-electron chi connectivity index (χ3n) is 4.60. The second-order valence-electron chi connectivity index (χ2n) is 6.23. The lowest BCUT2D eigenvalue weighted by Crippen LogP contribution is -2.22. The lowest BCUT2D eigenvalue weighted by Gasteiger charge is -2.15. The van der Waals surface area contributed by atoms with Crippen molar-refractivity contribution in [3.63, 3.8) is 0 Å². The van der Waals surface area contributed by atoms with E-state index in [-0.39, 0.29) is 0 Å². The van der Waals surface area contributed by atoms with Crippen LogP contribution in [0.2, 0.25) is 0 Å². The molecule has 1 unspecified atom stereocenters. The number of para-hydroxylation sites is 1. The number of benzene rings is 1. The number of fused-ring (bicyclic) bond motifs is 1. The predicted molar refractivity (Wildman–Crippen MR) is 91.4 cm³/mol. The summed E-state index contributed by atoms with van der Waals surface area (Å²) in [6.45, 7) is 6.71. The smallest absolute Gasteiger partial charge is 0.250 e. The molecule has 6 heteroatoms. The van der Waals surface area contributed by atoms with Crippen LogP contribution in [0.1, 0.15) is 41.9 Å². The van der Waals surface area contributed by atoms with E-state index in [4.69, 9.17) is 16.5 Å². The van der Waals surface area contributed by atoms with E-state index in [2.05, 4.69) is 16.4 Å². The van der Waals surface area contributed by atoms with Crippen LogP contribution in [0.25, 0.3) is 11.0 Å². The maximum atomic E-state index is 11.7. The van der Waals surface area contributed by atoms with E-state index in [0.717, 1.165) is 43.8 Å². The Hall–Kier alpha value is -1.92. The summed E-state index contributed by atoms with van der Waals surface area (Å²) in [6, 6.07) is 5.60. The maximum absolute atomic E-state index is 11.7. The maximum Gasteiger partial charge on any atom is 0.250 e. The zero-order valence-electron chi connectivity index (χ0n) is 13.7. The van der Waals surface area contributed by atoms with Crippen LogP contribution in [0.4, 0.5) is 0 Å². The first-order valence-electron chi connectivity index (χ1n) is 8.37. The van der Waals surface area contributed by atoms with Gasteiger partial charge in [0.2, 0.25) is 0 Å². The summed E-state index contributed by atoms with van der Waals surface area (Å²) in [5.74, 6) is 0.998. The average Bonchev–Trinajstić information content (AvgIpc) is 3.12. The first-order chi connectivity index (χ1) is 11.2. The van der Waals surface area contributed by atoms with Crippen molar-refractivity contribution in [3.8, 4) is 0 Å². The molecule has 2 aromatic rings. The van der Waals surface area contributed by atoms with Gasteiger partial charge < -0.3 is 20.9 Å². The molecule has 1 aromatic heterocycles. The summed E-state index contributed by atoms with van der Waals surface area (Å²) < 4.78 is 2.17. The second kappa shape index (κ2) is 6.68. The molecule has 2 heterocycles. The summed E-state index contributed by atoms with van der Waals surface area (Å²) in [7, 11) is 0. The number of hydrogen-bond donors (Lipinski definition) is 2. The van der Waals surface area contributed by atoms with Crippen LogP contribution in [0.3, 0.4) is 0 Å². The predicted octanol–water partition coefficient (Wildman–Crippen LogP) is 1.29. The first-order valence-corrected chi connectivity index (χ1v) is 8.37. The Labute approximate surface area is 136 Å². The highest BCUT2D eigenvalue weighted by Gasteiger charge is 2.28. The highest BCUT2D eigenvalue weighted by molar-refractivity contribution is 6.04. The van der Waals surface area contributed by atoms with Gasteiger partial charge in [0.15, 0.2) is 0 Å². The van der Waals surface area contributed by atoms with Gasteiger partial charge in [-0.3, -0.25) is 4.79 Å². The second-order valence-corrected chi connectivity index (χ2v) is 6.23. The summed E-state index contributed by atoms with van der Waals surface area (Å²) in [6.07, 6.45) is 2.26. The SMILES string of the molecule is CCCN1CCC(c2nc3c(C(N)=O)cccc3n2CCN)C1. The Morgan fingerprint density at radius 3 is 2.91 bits per heavy atom. The molecule has 1 aliphatic heterocycles. The lowest BCUT2D eigenvalue weighted by atomic mass is 10.1. The van der Waals surface area contributed by atoms with Gasteiger partial charge in [-0.15, -0.1) is 0 Å². The van der Waals surface area contributed by atoms with Crippen LogP contribution in [0, 0.1) is 0 Å². The zero-order chi connectivity index (χ0) is 16.4. The van der Waals surface area contributed by atoms with E-state index in [1.54, 1.807) is 6.07 Å². The number of carbonyl (C=O) groups is 1. The molecule has 1 atom stereocenters. The van der Waals surface area contributed by atoms with E-state index >= 15 is 0 Å². The number of carbonyl (C=O) groups excluding carboxylic acids is 1. The molecule has 0 aliphatic carbocycles. The fourth-order valence-corrected chi connectivity index (χ4v) is 3.60. The Kier molecular flexibility index (Phi) is 4.63. The van der Waals surface area contributed by atoms with Crippen LogP contribution in [0.15, 0.2) is 18.2 Å². The summed E-state index contributed by atoms with van der Waals surface area (Å²) >= 11 is 0. The van der Waals surface area contributed by atoms with Gasteiger partial charge in [-0.1, -0.05) is 13.0 Å². The largest absolute Gasteiger partial charge is 0.366 e. The van der Waals surface area contributed by atoms with Crippen molar-refractivity contribution < 1.29 is 4.79 Å². The monoisotopic (exact) mass is 315 g/mol. The summed E-state index contributed by atoms with van der Waals surface area (Å²) in [5.41, 5.74) is 13.5. The van der Waals surface area contributed by atoms with E-state index in [9.17, 15) is 4.79 Å². The summed E-state index contributed by atoms with van der Waals surface area (Å²) in [5, 5.41) is 0. The first kappa shape index (κ1) is 16.0. The zero-order valence-corrected chi connectivity index (χ0v) is 13.7. The van der Waals surface area contributed by atoms with E-state index in [0.29, 0.717) is 30.1 Å². The molecule has 1 aliphatic rings. The number of imidazole rings is 1. The van der Waals surface area contributed by atoms with Gasteiger partial charge in [-0.05, 0) is 38.1 Å². The van der Waals surface area contributed by atoms with E-state index in [1.165, 1.54) is 0 Å². The molecule has 0 spiro atoms. The fraction of sp³-hybridized carbons (Fsp3) is 0.529. The molecular formula is C17H25N5O. The van der Waals surface area contributed by atoms with Crippen molar-refractivity contribution in [1.29, 1.82) is 0 Å². The molecule has 23 heavy (non-hydrogen) atoms. The average molecular weight is 315 g/mol. The molecule has 1 amide bonds. The Bertz CT molecular complexity index is 708. The number of hydrogen-bond acceptors (Lipinski definition) is 4. The lowest BCUT2D eigenvalue weighted by molar-refractivity contribution is 0.100. The third-order valence-corrected chi connectivity index (χ3v) is 4.60. The van der Waals surface area contributed by atoms with Crippen LogP contribution in [-0.2, 0) is 6.54 Å². The van der Waals surface area contributed by atoms with Crippen molar-refractivity contribution in [2.45, 2.75) is 32.2 Å². The molecule has 3 rings (SSSR count). The van der Waals surface area contributed by atoms with Crippen molar-refractivity contribution in [1.82, 2.24) is 14.5 Å². The minimum Gasteiger partial charge on any atom is -0.366 e. The summed E-state index contributed by atoms with van der Waals surface area (Å²) in [4.78, 5) is 19.0. The normalized spacial score (nSPS) is 18.8. The minimum absolute atomic E-state index is 0.390. The van der Waals surface area contributed by atoms with Gasteiger partial charge in [0.05, 0.1) is 11.1 Å². The van der Waals surface area contributed by atoms with Crippen LogP contribution < -0.4 is 11.5 Å². The van der Waals surface area contributed by atoms with Crippen LogP contribution >= 0.6 is 0 Å². The minimum atomic E-state index is -0.432. The van der Waals surface area contributed by atoms with Crippen LogP contribution in [0.5, 0.6) is 0 Å². The van der Waals surface area contributed by atoms with Gasteiger partial charge in [-0.2, -0.15) is 0 Å². The number of rotatable bonds is 6. The molecule has 1 saturated heterocycles. The van der Waals surface area contributed by atoms with Crippen molar-refractivity contribution in [2.24, 2.45) is 11.5 Å². The van der Waals surface area contributed by atoms with Gasteiger partial charge >= 0.3 is 0 Å². The number of aromatic nitrogens is 2. The van der Waals surface area contributed by atoms with Crippen molar-refractivity contribution >= 4 is 16.9 Å². The molecule has 0 radical (unpaired) electrons. The standard InChI is InChI=1S/C17H25N5O/c1-2-8-21-9-6-12(11-21)17-20-15-13(16(19)23)4-3-5-14(15)22(17)10-7-18/h3-5,12H,2,6-11,18H2,1H3,(H2,19,23). The quantitative estimate of drug-likeness (QED) is 0.840. The molecule has 124 valence electrons. The molecule has 1 aromatic carbocycles. The third kappa shape index (κ3) is 2.96. The molecule has 0 saturated carbocycles. The molecular weight excluding hydrogens is 290 g/mol. The number of likely N-dealkylation sites (tertiary alicyclic amines) is 1. The Morgan fingerprint density at radius 1 is 1.39 bits per heavy atom. The van der Waals surface area contributed by atoms with Crippen molar-refractivity contribution in [3.05, 3.63) is 29.6 Å².